The summed E-state index contributed by atoms with van der Waals surface area (Å²) in [6.45, 7) is 7.70. The molecule has 0 spiro atoms. The van der Waals surface area contributed by atoms with Crippen molar-refractivity contribution in [3.63, 3.8) is 0 Å². The molecule has 3 aliphatic rings. The second-order valence-electron chi connectivity index (χ2n) is 7.25. The molecule has 0 saturated carbocycles. The second-order valence-corrected chi connectivity index (χ2v) is 8.42. The number of hydrogen-bond acceptors (Lipinski definition) is 7. The van der Waals surface area contributed by atoms with Crippen molar-refractivity contribution in [1.82, 2.24) is 24.8 Å². The average Bonchev–Trinajstić information content (AvgIpc) is 3.20. The van der Waals surface area contributed by atoms with Crippen LogP contribution < -0.4 is 4.90 Å². The van der Waals surface area contributed by atoms with Crippen molar-refractivity contribution < 1.29 is 0 Å². The Morgan fingerprint density at radius 2 is 1.84 bits per heavy atom. The number of aryl methyl sites for hydroxylation is 2. The zero-order chi connectivity index (χ0) is 16.6. The van der Waals surface area contributed by atoms with E-state index in [9.17, 15) is 0 Å². The van der Waals surface area contributed by atoms with Crippen LogP contribution >= 0.6 is 11.3 Å². The van der Waals surface area contributed by atoms with Crippen molar-refractivity contribution in [3.8, 4) is 0 Å². The Balaban J connectivity index is 1.09. The largest absolute Gasteiger partial charge is 0.338 e. The third-order valence-electron chi connectivity index (χ3n) is 5.60. The number of thiazole rings is 1. The van der Waals surface area contributed by atoms with Crippen molar-refractivity contribution in [2.24, 2.45) is 0 Å². The molecule has 4 heterocycles. The van der Waals surface area contributed by atoms with E-state index in [4.69, 9.17) is 4.98 Å². The molecule has 0 N–H and O–H groups in total. The highest BCUT2D eigenvalue weighted by Crippen LogP contribution is 2.29. The smallest absolute Gasteiger partial charge is 0.225 e. The topological polar surface area (TPSA) is 48.4 Å². The first-order chi connectivity index (χ1) is 12.3. The van der Waals surface area contributed by atoms with E-state index in [2.05, 4.69) is 24.7 Å². The molecule has 0 amide bonds. The van der Waals surface area contributed by atoms with Gasteiger partial charge in [-0.1, -0.05) is 0 Å². The van der Waals surface area contributed by atoms with Crippen LogP contribution in [0.25, 0.3) is 0 Å². The van der Waals surface area contributed by atoms with E-state index in [1.807, 2.05) is 29.8 Å². The highest BCUT2D eigenvalue weighted by Gasteiger charge is 2.34. The van der Waals surface area contributed by atoms with Crippen LogP contribution in [0.1, 0.15) is 22.0 Å². The molecule has 0 bridgehead atoms. The molecule has 0 aromatic carbocycles. The average molecular weight is 356 g/mol. The normalized spacial score (nSPS) is 22.2. The second kappa shape index (κ2) is 6.63. The van der Waals surface area contributed by atoms with Crippen molar-refractivity contribution in [1.29, 1.82) is 0 Å². The van der Waals surface area contributed by atoms with Gasteiger partial charge in [-0.2, -0.15) is 0 Å². The van der Waals surface area contributed by atoms with Gasteiger partial charge in [-0.3, -0.25) is 9.80 Å². The molecule has 0 radical (unpaired) electrons. The molecule has 2 saturated heterocycles. The molecule has 2 aromatic rings. The lowest BCUT2D eigenvalue weighted by Gasteiger charge is -2.48. The SMILES string of the molecule is c1cnc(N2CCN(C3CN(Cc4nc5c(s4)CCC5)C3)CC2)nc1. The lowest BCUT2D eigenvalue weighted by atomic mass is 10.1. The molecule has 1 aliphatic carbocycles. The van der Waals surface area contributed by atoms with E-state index in [1.54, 1.807) is 4.88 Å². The van der Waals surface area contributed by atoms with E-state index in [0.29, 0.717) is 6.04 Å². The lowest BCUT2D eigenvalue weighted by molar-refractivity contribution is 0.0254. The van der Waals surface area contributed by atoms with Gasteiger partial charge in [0.1, 0.15) is 5.01 Å². The number of nitrogens with zero attached hydrogens (tertiary/aromatic N) is 6. The molecule has 2 aromatic heterocycles. The molecule has 132 valence electrons. The van der Waals surface area contributed by atoms with Crippen LogP contribution in [0.3, 0.4) is 0 Å². The summed E-state index contributed by atoms with van der Waals surface area (Å²) in [7, 11) is 0. The minimum atomic E-state index is 0.714. The molecule has 7 heteroatoms. The van der Waals surface area contributed by atoms with Gasteiger partial charge in [-0.15, -0.1) is 11.3 Å². The maximum Gasteiger partial charge on any atom is 0.225 e. The zero-order valence-corrected chi connectivity index (χ0v) is 15.3. The Morgan fingerprint density at radius 3 is 2.60 bits per heavy atom. The molecule has 0 atom stereocenters. The summed E-state index contributed by atoms with van der Waals surface area (Å²) in [4.78, 5) is 22.6. The fourth-order valence-corrected chi connectivity index (χ4v) is 5.35. The van der Waals surface area contributed by atoms with Crippen LogP contribution in [-0.4, -0.2) is 70.1 Å². The predicted molar refractivity (Wildman–Crippen MR) is 99.0 cm³/mol. The van der Waals surface area contributed by atoms with Gasteiger partial charge in [0.05, 0.1) is 12.2 Å². The first-order valence-electron chi connectivity index (χ1n) is 9.31. The van der Waals surface area contributed by atoms with Crippen LogP contribution in [0.2, 0.25) is 0 Å². The molecular formula is C18H24N6S. The summed E-state index contributed by atoms with van der Waals surface area (Å²) < 4.78 is 0. The maximum atomic E-state index is 4.84. The third-order valence-corrected chi connectivity index (χ3v) is 6.74. The van der Waals surface area contributed by atoms with E-state index in [1.165, 1.54) is 43.1 Å². The summed E-state index contributed by atoms with van der Waals surface area (Å²) >= 11 is 1.95. The van der Waals surface area contributed by atoms with Gasteiger partial charge in [0.25, 0.3) is 0 Å². The van der Waals surface area contributed by atoms with Crippen LogP contribution in [0.15, 0.2) is 18.5 Å². The predicted octanol–water partition coefficient (Wildman–Crippen LogP) is 1.43. The number of anilines is 1. The minimum Gasteiger partial charge on any atom is -0.338 e. The number of rotatable bonds is 4. The van der Waals surface area contributed by atoms with E-state index >= 15 is 0 Å². The summed E-state index contributed by atoms with van der Waals surface area (Å²) in [6.07, 6.45) is 7.41. The summed E-state index contributed by atoms with van der Waals surface area (Å²) in [5.74, 6) is 0.870. The Labute approximate surface area is 152 Å². The molecule has 25 heavy (non-hydrogen) atoms. The number of piperazine rings is 1. The first-order valence-corrected chi connectivity index (χ1v) is 10.1. The zero-order valence-electron chi connectivity index (χ0n) is 14.5. The van der Waals surface area contributed by atoms with Gasteiger partial charge < -0.3 is 4.90 Å². The fourth-order valence-electron chi connectivity index (χ4n) is 4.15. The van der Waals surface area contributed by atoms with Gasteiger partial charge in [-0.25, -0.2) is 15.0 Å². The summed E-state index contributed by atoms with van der Waals surface area (Å²) in [6, 6.07) is 2.59. The molecule has 2 fully saturated rings. The van der Waals surface area contributed by atoms with Crippen molar-refractivity contribution in [2.45, 2.75) is 31.8 Å². The Bertz CT molecular complexity index is 697. The van der Waals surface area contributed by atoms with Gasteiger partial charge in [0.2, 0.25) is 5.95 Å². The Kier molecular flexibility index (Phi) is 4.15. The van der Waals surface area contributed by atoms with Crippen molar-refractivity contribution >= 4 is 17.3 Å². The van der Waals surface area contributed by atoms with Crippen LogP contribution in [0, 0.1) is 0 Å². The van der Waals surface area contributed by atoms with Crippen LogP contribution in [0.5, 0.6) is 0 Å². The molecule has 0 unspecified atom stereocenters. The van der Waals surface area contributed by atoms with Crippen molar-refractivity contribution in [3.05, 3.63) is 34.0 Å². The van der Waals surface area contributed by atoms with E-state index in [0.717, 1.165) is 38.7 Å². The standard InChI is InChI=1S/C18H24N6S/c1-3-15-16(4-1)25-17(21-15)13-22-11-14(12-22)23-7-9-24(10-8-23)18-19-5-2-6-20-18/h2,5-6,14H,1,3-4,7-13H2. The quantitative estimate of drug-likeness (QED) is 0.826. The number of fused-ring (bicyclic) bond motifs is 1. The first kappa shape index (κ1) is 15.7. The van der Waals surface area contributed by atoms with Crippen LogP contribution in [-0.2, 0) is 19.4 Å². The third kappa shape index (κ3) is 3.16. The molecule has 2 aliphatic heterocycles. The number of aromatic nitrogens is 3. The molecule has 5 rings (SSSR count). The molecule has 6 nitrogen and oxygen atoms in total. The maximum absolute atomic E-state index is 4.84. The summed E-state index contributed by atoms with van der Waals surface area (Å²) in [5.41, 5.74) is 1.39. The van der Waals surface area contributed by atoms with Crippen LogP contribution in [0.4, 0.5) is 5.95 Å². The van der Waals surface area contributed by atoms with Gasteiger partial charge in [0, 0.05) is 62.6 Å². The Hall–Kier alpha value is -1.57. The summed E-state index contributed by atoms with van der Waals surface area (Å²) in [5, 5.41) is 1.33. The lowest BCUT2D eigenvalue weighted by Crippen LogP contribution is -2.62. The monoisotopic (exact) mass is 356 g/mol. The van der Waals surface area contributed by atoms with Gasteiger partial charge in [0.15, 0.2) is 0 Å². The Morgan fingerprint density at radius 1 is 1.04 bits per heavy atom. The minimum absolute atomic E-state index is 0.714. The van der Waals surface area contributed by atoms with E-state index < -0.39 is 0 Å². The van der Waals surface area contributed by atoms with Gasteiger partial charge >= 0.3 is 0 Å². The fraction of sp³-hybridized carbons (Fsp3) is 0.611. The molecular weight excluding hydrogens is 332 g/mol. The van der Waals surface area contributed by atoms with Gasteiger partial charge in [-0.05, 0) is 25.3 Å². The number of likely N-dealkylation sites (tertiary alicyclic amines) is 1. The van der Waals surface area contributed by atoms with Crippen molar-refractivity contribution in [2.75, 3.05) is 44.2 Å². The highest BCUT2D eigenvalue weighted by atomic mass is 32.1. The number of hydrogen-bond donors (Lipinski definition) is 0. The highest BCUT2D eigenvalue weighted by molar-refractivity contribution is 7.11. The van der Waals surface area contributed by atoms with E-state index in [-0.39, 0.29) is 0 Å².